The van der Waals surface area contributed by atoms with Crippen LogP contribution in [0.25, 0.3) is 0 Å². The molecule has 2 N–H and O–H groups in total. The van der Waals surface area contributed by atoms with E-state index in [2.05, 4.69) is 26.1 Å². The number of piperidine rings is 1. The minimum absolute atomic E-state index is 0.163. The van der Waals surface area contributed by atoms with Crippen LogP contribution in [0.5, 0.6) is 0 Å². The van der Waals surface area contributed by atoms with Gasteiger partial charge in [-0.05, 0) is 24.2 Å². The number of likely N-dealkylation sites (tertiary alicyclic amines) is 1. The van der Waals surface area contributed by atoms with Crippen molar-refractivity contribution in [2.75, 3.05) is 26.3 Å². The van der Waals surface area contributed by atoms with Gasteiger partial charge in [0, 0.05) is 13.1 Å². The number of carboxylic acids is 1. The zero-order chi connectivity index (χ0) is 15.6. The van der Waals surface area contributed by atoms with E-state index in [1.807, 2.05) is 0 Å². The zero-order valence-electron chi connectivity index (χ0n) is 13.1. The molecule has 0 aromatic rings. The Morgan fingerprint density at radius 2 is 1.81 bits per heavy atom. The highest BCUT2D eigenvalue weighted by atomic mass is 16.5. The van der Waals surface area contributed by atoms with E-state index in [0.717, 1.165) is 25.9 Å². The Balaban J connectivity index is 1.84. The molecule has 2 unspecified atom stereocenters. The van der Waals surface area contributed by atoms with Crippen LogP contribution in [-0.2, 0) is 9.53 Å². The van der Waals surface area contributed by atoms with Gasteiger partial charge in [0.05, 0.1) is 19.3 Å². The van der Waals surface area contributed by atoms with Crippen LogP contribution in [0.4, 0.5) is 4.79 Å². The lowest BCUT2D eigenvalue weighted by Gasteiger charge is -2.39. The summed E-state index contributed by atoms with van der Waals surface area (Å²) < 4.78 is 5.17. The van der Waals surface area contributed by atoms with Crippen molar-refractivity contribution < 1.29 is 19.4 Å². The first-order valence-electron chi connectivity index (χ1n) is 7.65. The van der Waals surface area contributed by atoms with Gasteiger partial charge >= 0.3 is 12.0 Å². The van der Waals surface area contributed by atoms with Crippen molar-refractivity contribution in [2.24, 2.45) is 17.3 Å². The SMILES string of the molecule is CC(C)(C)C1CCN(C(=O)NC2COCC2C(=O)O)CC1. The van der Waals surface area contributed by atoms with Gasteiger partial charge in [-0.15, -0.1) is 0 Å². The molecular formula is C15H26N2O4. The molecule has 0 spiro atoms. The minimum Gasteiger partial charge on any atom is -0.481 e. The first-order chi connectivity index (χ1) is 9.79. The lowest BCUT2D eigenvalue weighted by atomic mass is 9.75. The predicted molar refractivity (Wildman–Crippen MR) is 78.0 cm³/mol. The maximum atomic E-state index is 12.2. The second kappa shape index (κ2) is 6.22. The molecule has 2 heterocycles. The smallest absolute Gasteiger partial charge is 0.317 e. The molecule has 2 atom stereocenters. The Morgan fingerprint density at radius 3 is 2.33 bits per heavy atom. The third kappa shape index (κ3) is 3.87. The van der Waals surface area contributed by atoms with Crippen molar-refractivity contribution in [2.45, 2.75) is 39.7 Å². The Kier molecular flexibility index (Phi) is 4.76. The number of hydrogen-bond donors (Lipinski definition) is 2. The van der Waals surface area contributed by atoms with Crippen molar-refractivity contribution in [3.05, 3.63) is 0 Å². The number of nitrogens with zero attached hydrogens (tertiary/aromatic N) is 1. The molecule has 120 valence electrons. The molecule has 21 heavy (non-hydrogen) atoms. The standard InChI is InChI=1S/C15H26N2O4/c1-15(2,3)10-4-6-17(7-5-10)14(20)16-12-9-21-8-11(12)13(18)19/h10-12H,4-9H2,1-3H3,(H,16,20)(H,18,19). The second-order valence-electron chi connectivity index (χ2n) is 7.17. The highest BCUT2D eigenvalue weighted by molar-refractivity contribution is 5.77. The first-order valence-corrected chi connectivity index (χ1v) is 7.65. The van der Waals surface area contributed by atoms with E-state index >= 15 is 0 Å². The Labute approximate surface area is 125 Å². The number of nitrogens with one attached hydrogen (secondary N) is 1. The maximum Gasteiger partial charge on any atom is 0.317 e. The number of amides is 2. The number of hydrogen-bond acceptors (Lipinski definition) is 3. The highest BCUT2D eigenvalue weighted by Gasteiger charge is 2.37. The summed E-state index contributed by atoms with van der Waals surface area (Å²) in [6.07, 6.45) is 2.00. The molecule has 0 radical (unpaired) electrons. The molecule has 0 aromatic heterocycles. The molecular weight excluding hydrogens is 272 g/mol. The molecule has 2 saturated heterocycles. The van der Waals surface area contributed by atoms with E-state index in [0.29, 0.717) is 5.92 Å². The van der Waals surface area contributed by atoms with Gasteiger partial charge in [0.2, 0.25) is 0 Å². The van der Waals surface area contributed by atoms with Gasteiger partial charge in [0.1, 0.15) is 5.92 Å². The maximum absolute atomic E-state index is 12.2. The summed E-state index contributed by atoms with van der Waals surface area (Å²) in [6.45, 7) is 8.63. The van der Waals surface area contributed by atoms with Gasteiger partial charge in [-0.3, -0.25) is 4.79 Å². The van der Waals surface area contributed by atoms with Crippen molar-refractivity contribution in [3.8, 4) is 0 Å². The normalized spacial score (nSPS) is 27.7. The number of aliphatic carboxylic acids is 1. The fraction of sp³-hybridized carbons (Fsp3) is 0.867. The van der Waals surface area contributed by atoms with Gasteiger partial charge < -0.3 is 20.1 Å². The number of urea groups is 1. The summed E-state index contributed by atoms with van der Waals surface area (Å²) in [5, 5.41) is 11.9. The average molecular weight is 298 g/mol. The van der Waals surface area contributed by atoms with E-state index in [4.69, 9.17) is 9.84 Å². The quantitative estimate of drug-likeness (QED) is 0.811. The zero-order valence-corrected chi connectivity index (χ0v) is 13.1. The summed E-state index contributed by atoms with van der Waals surface area (Å²) in [6, 6.07) is -0.584. The van der Waals surface area contributed by atoms with Crippen molar-refractivity contribution in [1.82, 2.24) is 10.2 Å². The second-order valence-corrected chi connectivity index (χ2v) is 7.17. The molecule has 2 amide bonds. The van der Waals surface area contributed by atoms with E-state index < -0.39 is 17.9 Å². The molecule has 2 fully saturated rings. The number of rotatable bonds is 2. The number of carbonyl (C=O) groups is 2. The topological polar surface area (TPSA) is 78.9 Å². The molecule has 6 heteroatoms. The lowest BCUT2D eigenvalue weighted by molar-refractivity contribution is -0.142. The number of carbonyl (C=O) groups excluding carboxylic acids is 1. The summed E-state index contributed by atoms with van der Waals surface area (Å²) in [5.74, 6) is -0.923. The molecule has 2 aliphatic rings. The highest BCUT2D eigenvalue weighted by Crippen LogP contribution is 2.34. The molecule has 0 saturated carbocycles. The minimum atomic E-state index is -0.913. The van der Waals surface area contributed by atoms with Crippen LogP contribution >= 0.6 is 0 Å². The molecule has 0 bridgehead atoms. The van der Waals surface area contributed by atoms with Crippen molar-refractivity contribution in [1.29, 1.82) is 0 Å². The molecule has 2 aliphatic heterocycles. The first kappa shape index (κ1) is 16.1. The average Bonchev–Trinajstić information content (AvgIpc) is 2.86. The molecule has 2 rings (SSSR count). The van der Waals surface area contributed by atoms with E-state index in [9.17, 15) is 9.59 Å². The molecule has 0 aromatic carbocycles. The van der Waals surface area contributed by atoms with Crippen LogP contribution in [-0.4, -0.2) is 54.4 Å². The Hall–Kier alpha value is -1.30. The predicted octanol–water partition coefficient (Wildman–Crippen LogP) is 1.55. The Morgan fingerprint density at radius 1 is 1.19 bits per heavy atom. The van der Waals surface area contributed by atoms with Crippen molar-refractivity contribution in [3.63, 3.8) is 0 Å². The fourth-order valence-corrected chi connectivity index (χ4v) is 3.14. The molecule has 6 nitrogen and oxygen atoms in total. The number of carboxylic acid groups (broad SMARTS) is 1. The third-order valence-electron chi connectivity index (χ3n) is 4.71. The Bertz CT molecular complexity index is 397. The van der Waals surface area contributed by atoms with Crippen LogP contribution in [0.1, 0.15) is 33.6 Å². The van der Waals surface area contributed by atoms with E-state index in [1.54, 1.807) is 4.90 Å². The van der Waals surface area contributed by atoms with Gasteiger partial charge in [0.25, 0.3) is 0 Å². The van der Waals surface area contributed by atoms with Crippen LogP contribution in [0.2, 0.25) is 0 Å². The third-order valence-corrected chi connectivity index (χ3v) is 4.71. The summed E-state index contributed by atoms with van der Waals surface area (Å²) >= 11 is 0. The van der Waals surface area contributed by atoms with Crippen LogP contribution in [0.3, 0.4) is 0 Å². The monoisotopic (exact) mass is 298 g/mol. The number of ether oxygens (including phenoxy) is 1. The summed E-state index contributed by atoms with van der Waals surface area (Å²) in [5.41, 5.74) is 0.274. The van der Waals surface area contributed by atoms with Crippen LogP contribution in [0, 0.1) is 17.3 Å². The van der Waals surface area contributed by atoms with Crippen LogP contribution in [0.15, 0.2) is 0 Å². The van der Waals surface area contributed by atoms with Gasteiger partial charge in [-0.1, -0.05) is 20.8 Å². The van der Waals surface area contributed by atoms with Crippen molar-refractivity contribution >= 4 is 12.0 Å². The molecule has 0 aliphatic carbocycles. The lowest BCUT2D eigenvalue weighted by Crippen LogP contribution is -2.51. The van der Waals surface area contributed by atoms with Gasteiger partial charge in [0.15, 0.2) is 0 Å². The van der Waals surface area contributed by atoms with Gasteiger partial charge in [-0.2, -0.15) is 0 Å². The summed E-state index contributed by atoms with van der Waals surface area (Å²) in [4.78, 5) is 25.1. The largest absolute Gasteiger partial charge is 0.481 e. The van der Waals surface area contributed by atoms with E-state index in [-0.39, 0.29) is 24.7 Å². The summed E-state index contributed by atoms with van der Waals surface area (Å²) in [7, 11) is 0. The van der Waals surface area contributed by atoms with Crippen LogP contribution < -0.4 is 5.32 Å². The fourth-order valence-electron chi connectivity index (χ4n) is 3.14. The van der Waals surface area contributed by atoms with Gasteiger partial charge in [-0.25, -0.2) is 4.79 Å². The van der Waals surface area contributed by atoms with E-state index in [1.165, 1.54) is 0 Å².